The van der Waals surface area contributed by atoms with Gasteiger partial charge in [0.15, 0.2) is 0 Å². The third kappa shape index (κ3) is 3.44. The van der Waals surface area contributed by atoms with E-state index >= 15 is 0 Å². The molecule has 0 saturated heterocycles. The van der Waals surface area contributed by atoms with Crippen LogP contribution in [0.25, 0.3) is 0 Å². The molecule has 2 rings (SSSR count). The van der Waals surface area contributed by atoms with Crippen molar-refractivity contribution in [2.45, 2.75) is 32.2 Å². The summed E-state index contributed by atoms with van der Waals surface area (Å²) in [6.45, 7) is 2.98. The molecule has 1 aliphatic carbocycles. The Bertz CT molecular complexity index is 355. The average molecular weight is 273 g/mol. The number of rotatable bonds is 6. The molecule has 1 aromatic heterocycles. The van der Waals surface area contributed by atoms with Crippen molar-refractivity contribution in [1.29, 1.82) is 0 Å². The van der Waals surface area contributed by atoms with Gasteiger partial charge < -0.3 is 10.6 Å². The molecule has 0 radical (unpaired) electrons. The lowest BCUT2D eigenvalue weighted by molar-refractivity contribution is 0.111. The zero-order chi connectivity index (χ0) is 12.3. The molecule has 2 nitrogen and oxygen atoms in total. The van der Waals surface area contributed by atoms with Crippen LogP contribution in [0.3, 0.4) is 0 Å². The second-order valence-electron chi connectivity index (χ2n) is 5.25. The predicted octanol–water partition coefficient (Wildman–Crippen LogP) is 3.35. The van der Waals surface area contributed by atoms with Crippen molar-refractivity contribution in [2.24, 2.45) is 11.1 Å². The van der Waals surface area contributed by atoms with Crippen LogP contribution in [-0.2, 0) is 6.54 Å². The third-order valence-corrected chi connectivity index (χ3v) is 5.14. The van der Waals surface area contributed by atoms with Crippen LogP contribution in [0, 0.1) is 5.41 Å². The maximum absolute atomic E-state index is 5.93. The Morgan fingerprint density at radius 3 is 2.71 bits per heavy atom. The Balaban J connectivity index is 1.75. The highest BCUT2D eigenvalue weighted by molar-refractivity contribution is 7.16. The smallest absolute Gasteiger partial charge is 0.0931 e. The fraction of sp³-hybridized carbons (Fsp3) is 0.692. The van der Waals surface area contributed by atoms with E-state index in [9.17, 15) is 0 Å². The lowest BCUT2D eigenvalue weighted by atomic mass is 9.67. The van der Waals surface area contributed by atoms with Crippen molar-refractivity contribution in [3.63, 3.8) is 0 Å². The first-order valence-corrected chi connectivity index (χ1v) is 7.46. The van der Waals surface area contributed by atoms with Crippen LogP contribution in [0.15, 0.2) is 12.1 Å². The van der Waals surface area contributed by atoms with Crippen molar-refractivity contribution in [3.8, 4) is 0 Å². The van der Waals surface area contributed by atoms with Gasteiger partial charge in [0.05, 0.1) is 4.34 Å². The topological polar surface area (TPSA) is 29.3 Å². The first-order valence-electron chi connectivity index (χ1n) is 6.26. The van der Waals surface area contributed by atoms with Gasteiger partial charge in [0.2, 0.25) is 0 Å². The minimum atomic E-state index is 0.460. The SMILES string of the molecule is CN(CCC1(CN)CCC1)Cc1ccc(Cl)s1. The van der Waals surface area contributed by atoms with Gasteiger partial charge in [-0.05, 0) is 56.9 Å². The van der Waals surface area contributed by atoms with E-state index in [1.54, 1.807) is 11.3 Å². The fourth-order valence-electron chi connectivity index (χ4n) is 2.44. The van der Waals surface area contributed by atoms with Crippen molar-refractivity contribution < 1.29 is 0 Å². The zero-order valence-corrected chi connectivity index (χ0v) is 12.0. The molecular weight excluding hydrogens is 252 g/mol. The molecule has 0 aliphatic heterocycles. The molecule has 1 aromatic rings. The molecule has 1 fully saturated rings. The van der Waals surface area contributed by atoms with Crippen molar-refractivity contribution in [3.05, 3.63) is 21.3 Å². The Morgan fingerprint density at radius 1 is 1.47 bits per heavy atom. The summed E-state index contributed by atoms with van der Waals surface area (Å²) in [5.74, 6) is 0. The molecule has 0 amide bonds. The standard InChI is InChI=1S/C13H21ClN2S/c1-16(9-11-3-4-12(14)17-11)8-7-13(10-15)5-2-6-13/h3-4H,2,5-10,15H2,1H3. The summed E-state index contributed by atoms with van der Waals surface area (Å²) in [5, 5.41) is 0. The lowest BCUT2D eigenvalue weighted by Crippen LogP contribution is -2.39. The predicted molar refractivity (Wildman–Crippen MR) is 75.6 cm³/mol. The van der Waals surface area contributed by atoms with E-state index in [4.69, 9.17) is 17.3 Å². The van der Waals surface area contributed by atoms with Gasteiger partial charge in [0.25, 0.3) is 0 Å². The molecule has 0 atom stereocenters. The normalized spacial score (nSPS) is 18.4. The highest BCUT2D eigenvalue weighted by atomic mass is 35.5. The second-order valence-corrected chi connectivity index (χ2v) is 7.05. The van der Waals surface area contributed by atoms with Crippen LogP contribution in [0.4, 0.5) is 0 Å². The number of nitrogens with two attached hydrogens (primary N) is 1. The van der Waals surface area contributed by atoms with Gasteiger partial charge in [-0.2, -0.15) is 0 Å². The van der Waals surface area contributed by atoms with Gasteiger partial charge in [0, 0.05) is 11.4 Å². The highest BCUT2D eigenvalue weighted by Gasteiger charge is 2.35. The molecule has 0 unspecified atom stereocenters. The minimum Gasteiger partial charge on any atom is -0.330 e. The van der Waals surface area contributed by atoms with Crippen molar-refractivity contribution >= 4 is 22.9 Å². The van der Waals surface area contributed by atoms with Crippen LogP contribution in [0.2, 0.25) is 4.34 Å². The molecule has 2 N–H and O–H groups in total. The van der Waals surface area contributed by atoms with Gasteiger partial charge in [0.1, 0.15) is 0 Å². The summed E-state index contributed by atoms with van der Waals surface area (Å²) in [6.07, 6.45) is 5.24. The van der Waals surface area contributed by atoms with Crippen molar-refractivity contribution in [1.82, 2.24) is 4.90 Å². The van der Waals surface area contributed by atoms with Crippen LogP contribution < -0.4 is 5.73 Å². The van der Waals surface area contributed by atoms with Gasteiger partial charge in [-0.15, -0.1) is 11.3 Å². The average Bonchev–Trinajstić information content (AvgIpc) is 2.63. The van der Waals surface area contributed by atoms with E-state index in [1.165, 1.54) is 30.6 Å². The zero-order valence-electron chi connectivity index (χ0n) is 10.4. The first kappa shape index (κ1) is 13.3. The summed E-state index contributed by atoms with van der Waals surface area (Å²) >= 11 is 7.60. The quantitative estimate of drug-likeness (QED) is 0.861. The molecule has 0 aromatic carbocycles. The molecular formula is C13H21ClN2S. The maximum atomic E-state index is 5.93. The largest absolute Gasteiger partial charge is 0.330 e. The number of hydrogen-bond donors (Lipinski definition) is 1. The minimum absolute atomic E-state index is 0.460. The number of nitrogens with zero attached hydrogens (tertiary/aromatic N) is 1. The molecule has 1 saturated carbocycles. The Hall–Kier alpha value is -0.0900. The van der Waals surface area contributed by atoms with Gasteiger partial charge in [-0.3, -0.25) is 0 Å². The third-order valence-electron chi connectivity index (χ3n) is 3.93. The monoisotopic (exact) mass is 272 g/mol. The molecule has 1 aliphatic rings. The van der Waals surface area contributed by atoms with E-state index in [1.807, 2.05) is 6.07 Å². The van der Waals surface area contributed by atoms with E-state index in [-0.39, 0.29) is 0 Å². The Labute approximate surface area is 113 Å². The summed E-state index contributed by atoms with van der Waals surface area (Å²) in [4.78, 5) is 3.71. The van der Waals surface area contributed by atoms with Crippen LogP contribution in [0.1, 0.15) is 30.6 Å². The van der Waals surface area contributed by atoms with Crippen LogP contribution >= 0.6 is 22.9 Å². The number of hydrogen-bond acceptors (Lipinski definition) is 3. The van der Waals surface area contributed by atoms with E-state index < -0.39 is 0 Å². The highest BCUT2D eigenvalue weighted by Crippen LogP contribution is 2.42. The lowest BCUT2D eigenvalue weighted by Gasteiger charge is -2.42. The van der Waals surface area contributed by atoms with E-state index in [2.05, 4.69) is 18.0 Å². The molecule has 0 bridgehead atoms. The second kappa shape index (κ2) is 5.70. The molecule has 96 valence electrons. The van der Waals surface area contributed by atoms with Gasteiger partial charge >= 0.3 is 0 Å². The summed E-state index contributed by atoms with van der Waals surface area (Å²) in [5.41, 5.74) is 6.34. The number of thiophene rings is 1. The van der Waals surface area contributed by atoms with Crippen LogP contribution in [-0.4, -0.2) is 25.0 Å². The van der Waals surface area contributed by atoms with E-state index in [0.717, 1.165) is 24.0 Å². The molecule has 17 heavy (non-hydrogen) atoms. The molecule has 1 heterocycles. The van der Waals surface area contributed by atoms with Gasteiger partial charge in [-0.25, -0.2) is 0 Å². The number of halogens is 1. The maximum Gasteiger partial charge on any atom is 0.0931 e. The molecule has 4 heteroatoms. The molecule has 0 spiro atoms. The van der Waals surface area contributed by atoms with Crippen molar-refractivity contribution in [2.75, 3.05) is 20.1 Å². The van der Waals surface area contributed by atoms with Gasteiger partial charge in [-0.1, -0.05) is 18.0 Å². The fourth-order valence-corrected chi connectivity index (χ4v) is 3.61. The van der Waals surface area contributed by atoms with Crippen LogP contribution in [0.5, 0.6) is 0 Å². The first-order chi connectivity index (χ1) is 8.13. The summed E-state index contributed by atoms with van der Waals surface area (Å²) in [6, 6.07) is 4.09. The van der Waals surface area contributed by atoms with E-state index in [0.29, 0.717) is 5.41 Å². The summed E-state index contributed by atoms with van der Waals surface area (Å²) < 4.78 is 0.880. The Morgan fingerprint density at radius 2 is 2.24 bits per heavy atom. The Kier molecular flexibility index (Phi) is 4.47. The summed E-state index contributed by atoms with van der Waals surface area (Å²) in [7, 11) is 2.18.